The average Bonchev–Trinajstić information content (AvgIpc) is 3.95. The molecule has 5 aliphatic rings. The second kappa shape index (κ2) is 11.2. The summed E-state index contributed by atoms with van der Waals surface area (Å²) < 4.78 is 35.0. The highest BCUT2D eigenvalue weighted by Gasteiger charge is 2.55. The Morgan fingerprint density at radius 1 is 1.07 bits per heavy atom. The summed E-state index contributed by atoms with van der Waals surface area (Å²) in [7, 11) is 0. The van der Waals surface area contributed by atoms with Crippen molar-refractivity contribution in [3.63, 3.8) is 0 Å². The lowest BCUT2D eigenvalue weighted by atomic mass is 9.68. The van der Waals surface area contributed by atoms with Gasteiger partial charge in [0.15, 0.2) is 11.5 Å². The zero-order valence-electron chi connectivity index (χ0n) is 26.3. The number of carbonyl (C=O) groups is 1. The van der Waals surface area contributed by atoms with Crippen LogP contribution in [-0.2, 0) is 4.79 Å². The highest BCUT2D eigenvalue weighted by molar-refractivity contribution is 5.88. The quantitative estimate of drug-likeness (QED) is 0.328. The van der Waals surface area contributed by atoms with E-state index >= 15 is 0 Å². The first kappa shape index (κ1) is 29.6. The van der Waals surface area contributed by atoms with Crippen LogP contribution in [0.1, 0.15) is 70.4 Å². The minimum atomic E-state index is -1.61. The Balaban J connectivity index is 0.941. The van der Waals surface area contributed by atoms with Crippen molar-refractivity contribution in [2.45, 2.75) is 82.5 Å². The van der Waals surface area contributed by atoms with E-state index in [1.165, 1.54) is 24.8 Å². The van der Waals surface area contributed by atoms with E-state index in [1.54, 1.807) is 12.3 Å². The molecule has 3 aliphatic carbocycles. The molecule has 2 aliphatic heterocycles. The van der Waals surface area contributed by atoms with Gasteiger partial charge in [-0.2, -0.15) is 0 Å². The molecule has 5 fully saturated rings. The molecule has 1 aromatic carbocycles. The van der Waals surface area contributed by atoms with Crippen LogP contribution < -0.4 is 15.0 Å². The SMILES string of the molecule is CC(C)[C@H](C1CC(NC(=O)C2(F)CC2)C1)N1CC2(CCN(c3ncnnc3Oc3ccc(F)cc3-c3cncnc3C3CC3)C2)C1. The van der Waals surface area contributed by atoms with E-state index in [2.05, 4.69) is 54.1 Å². The first-order valence-corrected chi connectivity index (χ1v) is 16.6. The van der Waals surface area contributed by atoms with Gasteiger partial charge in [-0.15, -0.1) is 10.2 Å². The smallest absolute Gasteiger partial charge is 0.282 e. The summed E-state index contributed by atoms with van der Waals surface area (Å²) in [4.78, 5) is 30.3. The van der Waals surface area contributed by atoms with E-state index in [-0.39, 0.29) is 23.2 Å². The Bertz CT molecular complexity index is 1630. The third kappa shape index (κ3) is 5.48. The molecule has 1 spiro atoms. The van der Waals surface area contributed by atoms with Crippen molar-refractivity contribution >= 4 is 11.7 Å². The van der Waals surface area contributed by atoms with Gasteiger partial charge in [0.05, 0.1) is 5.69 Å². The molecule has 0 radical (unpaired) electrons. The molecule has 1 amide bonds. The van der Waals surface area contributed by atoms with Crippen molar-refractivity contribution in [2.24, 2.45) is 17.3 Å². The number of nitrogens with zero attached hydrogens (tertiary/aromatic N) is 7. The maximum atomic E-state index is 14.5. The van der Waals surface area contributed by atoms with E-state index in [9.17, 15) is 13.6 Å². The van der Waals surface area contributed by atoms with Crippen molar-refractivity contribution in [1.82, 2.24) is 35.4 Å². The molecule has 3 saturated carbocycles. The lowest BCUT2D eigenvalue weighted by Crippen LogP contribution is -2.65. The molecule has 12 heteroatoms. The van der Waals surface area contributed by atoms with Crippen LogP contribution in [0.15, 0.2) is 37.1 Å². The van der Waals surface area contributed by atoms with Gasteiger partial charge in [0.1, 0.15) is 24.2 Å². The number of nitrogens with one attached hydrogen (secondary N) is 1. The van der Waals surface area contributed by atoms with Gasteiger partial charge in [-0.25, -0.2) is 23.7 Å². The summed E-state index contributed by atoms with van der Waals surface area (Å²) in [5, 5.41) is 11.3. The van der Waals surface area contributed by atoms with Gasteiger partial charge in [-0.05, 0) is 75.0 Å². The van der Waals surface area contributed by atoms with E-state index < -0.39 is 11.6 Å². The number of halogens is 2. The van der Waals surface area contributed by atoms with Gasteiger partial charge in [0.2, 0.25) is 0 Å². The minimum Gasteiger partial charge on any atom is -0.434 e. The number of hydrogen-bond acceptors (Lipinski definition) is 9. The van der Waals surface area contributed by atoms with E-state index in [0.29, 0.717) is 53.8 Å². The lowest BCUT2D eigenvalue weighted by Gasteiger charge is -2.57. The summed E-state index contributed by atoms with van der Waals surface area (Å²) >= 11 is 0. The van der Waals surface area contributed by atoms with Crippen LogP contribution in [0.3, 0.4) is 0 Å². The molecule has 4 heterocycles. The fourth-order valence-corrected chi connectivity index (χ4v) is 8.05. The Labute approximate surface area is 267 Å². The number of likely N-dealkylation sites (tertiary alicyclic amines) is 1. The zero-order chi connectivity index (χ0) is 31.6. The van der Waals surface area contributed by atoms with Gasteiger partial charge in [0, 0.05) is 66.9 Å². The van der Waals surface area contributed by atoms with Crippen molar-refractivity contribution in [3.05, 3.63) is 48.6 Å². The van der Waals surface area contributed by atoms with Crippen LogP contribution >= 0.6 is 0 Å². The molecule has 46 heavy (non-hydrogen) atoms. The summed E-state index contributed by atoms with van der Waals surface area (Å²) in [6.07, 6.45) is 10.4. The van der Waals surface area contributed by atoms with E-state index in [4.69, 9.17) is 4.74 Å². The third-order valence-corrected chi connectivity index (χ3v) is 10.7. The van der Waals surface area contributed by atoms with Crippen LogP contribution in [0.25, 0.3) is 11.1 Å². The Kier molecular flexibility index (Phi) is 7.19. The highest BCUT2D eigenvalue weighted by Crippen LogP contribution is 2.49. The molecule has 242 valence electrons. The number of carbonyl (C=O) groups excluding carboxylic acids is 1. The monoisotopic (exact) mass is 630 g/mol. The molecule has 1 atom stereocenters. The molecule has 0 bridgehead atoms. The van der Waals surface area contributed by atoms with Crippen LogP contribution in [0.2, 0.25) is 0 Å². The predicted octanol–water partition coefficient (Wildman–Crippen LogP) is 5.07. The summed E-state index contributed by atoms with van der Waals surface area (Å²) in [5.74, 6) is 1.93. The van der Waals surface area contributed by atoms with E-state index in [1.807, 2.05) is 0 Å². The van der Waals surface area contributed by atoms with Crippen LogP contribution in [0.4, 0.5) is 14.6 Å². The first-order chi connectivity index (χ1) is 22.2. The molecule has 10 nitrogen and oxygen atoms in total. The van der Waals surface area contributed by atoms with Gasteiger partial charge in [-0.3, -0.25) is 9.69 Å². The normalized spacial score (nSPS) is 25.2. The predicted molar refractivity (Wildman–Crippen MR) is 166 cm³/mol. The second-order valence-electron chi connectivity index (χ2n) is 14.6. The standard InChI is InChI=1S/C34H40F2N8O2/c1-20(2)29(22-11-24(12-22)41-32(45)34(36)7-8-34)44-16-33(17-44)9-10-43(15-33)30-31(42-40-19-39-30)46-27-6-5-23(35)13-25(27)26-14-37-18-38-28(26)21-3-4-21/h5-6,13-14,18-22,24,29H,3-4,7-12,15-17H2,1-2H3,(H,41,45)/t22?,24?,29-/m1/s1. The largest absolute Gasteiger partial charge is 0.434 e. The number of alkyl halides is 1. The van der Waals surface area contributed by atoms with Gasteiger partial charge in [0.25, 0.3) is 11.8 Å². The van der Waals surface area contributed by atoms with Crippen molar-refractivity contribution in [1.29, 1.82) is 0 Å². The van der Waals surface area contributed by atoms with Crippen molar-refractivity contribution in [3.8, 4) is 22.8 Å². The highest BCUT2D eigenvalue weighted by atomic mass is 19.1. The molecule has 2 saturated heterocycles. The fourth-order valence-electron chi connectivity index (χ4n) is 8.05. The van der Waals surface area contributed by atoms with Crippen molar-refractivity contribution < 1.29 is 18.3 Å². The summed E-state index contributed by atoms with van der Waals surface area (Å²) in [6, 6.07) is 4.98. The number of anilines is 1. The first-order valence-electron chi connectivity index (χ1n) is 16.6. The Morgan fingerprint density at radius 3 is 2.61 bits per heavy atom. The topological polar surface area (TPSA) is 109 Å². The molecule has 3 aromatic rings. The van der Waals surface area contributed by atoms with Gasteiger partial charge in [-0.1, -0.05) is 13.8 Å². The Morgan fingerprint density at radius 2 is 1.87 bits per heavy atom. The molecule has 1 N–H and O–H groups in total. The lowest BCUT2D eigenvalue weighted by molar-refractivity contribution is -0.130. The zero-order valence-corrected chi connectivity index (χ0v) is 26.3. The summed E-state index contributed by atoms with van der Waals surface area (Å²) in [5.41, 5.74) is 0.804. The molecular formula is C34H40F2N8O2. The molecule has 8 rings (SSSR count). The Hall–Kier alpha value is -3.80. The third-order valence-electron chi connectivity index (χ3n) is 10.7. The van der Waals surface area contributed by atoms with Crippen LogP contribution in [-0.4, -0.2) is 79.9 Å². The van der Waals surface area contributed by atoms with Crippen LogP contribution in [0, 0.1) is 23.1 Å². The maximum Gasteiger partial charge on any atom is 0.282 e. The number of rotatable bonds is 10. The number of ether oxygens (including phenoxy) is 1. The molecule has 2 aromatic heterocycles. The second-order valence-corrected chi connectivity index (χ2v) is 14.6. The van der Waals surface area contributed by atoms with Gasteiger partial charge < -0.3 is 15.0 Å². The fraction of sp³-hybridized carbons (Fsp3) is 0.588. The maximum absolute atomic E-state index is 14.5. The number of benzene rings is 1. The molecular weight excluding hydrogens is 590 g/mol. The number of aromatic nitrogens is 5. The van der Waals surface area contributed by atoms with Gasteiger partial charge >= 0.3 is 0 Å². The minimum absolute atomic E-state index is 0.0872. The van der Waals surface area contributed by atoms with E-state index in [0.717, 1.165) is 69.5 Å². The van der Waals surface area contributed by atoms with Crippen LogP contribution in [0.5, 0.6) is 11.6 Å². The summed E-state index contributed by atoms with van der Waals surface area (Å²) in [6.45, 7) is 8.22. The number of amides is 1. The van der Waals surface area contributed by atoms with Crippen molar-refractivity contribution in [2.75, 3.05) is 31.1 Å². The average molecular weight is 631 g/mol. The molecule has 0 unspecified atom stereocenters. The number of hydrogen-bond donors (Lipinski definition) is 1.